The van der Waals surface area contributed by atoms with E-state index >= 15 is 0 Å². The Morgan fingerprint density at radius 2 is 2.05 bits per heavy atom. The molecule has 0 radical (unpaired) electrons. The van der Waals surface area contributed by atoms with Crippen molar-refractivity contribution in [3.8, 4) is 0 Å². The molecule has 1 N–H and O–H groups in total. The number of anilines is 1. The molecule has 118 valence electrons. The number of hydrogen-bond donors (Lipinski definition) is 1. The summed E-state index contributed by atoms with van der Waals surface area (Å²) in [6.45, 7) is 5.54. The van der Waals surface area contributed by atoms with Gasteiger partial charge in [0.2, 0.25) is 5.72 Å². The third-order valence-corrected chi connectivity index (χ3v) is 4.26. The summed E-state index contributed by atoms with van der Waals surface area (Å²) in [6.07, 6.45) is 3.74. The van der Waals surface area contributed by atoms with Crippen LogP contribution in [0, 0.1) is 5.92 Å². The van der Waals surface area contributed by atoms with Gasteiger partial charge in [0.25, 0.3) is 0 Å². The first-order valence-corrected chi connectivity index (χ1v) is 7.90. The van der Waals surface area contributed by atoms with Crippen LogP contribution >= 0.6 is 15.9 Å². The zero-order chi connectivity index (χ0) is 15.0. The van der Waals surface area contributed by atoms with Crippen LogP contribution < -0.4 is 26.4 Å². The van der Waals surface area contributed by atoms with Gasteiger partial charge in [0.05, 0.1) is 12.7 Å². The molecule has 1 aliphatic heterocycles. The van der Waals surface area contributed by atoms with Crippen LogP contribution in [0.25, 0.3) is 0 Å². The Morgan fingerprint density at radius 1 is 1.36 bits per heavy atom. The van der Waals surface area contributed by atoms with Crippen LogP contribution in [0.4, 0.5) is 5.95 Å². The van der Waals surface area contributed by atoms with Crippen LogP contribution in [-0.2, 0) is 12.3 Å². The van der Waals surface area contributed by atoms with Gasteiger partial charge in [0.1, 0.15) is 12.7 Å². The molecule has 0 unspecified atom stereocenters. The SMILES string of the molecule is CC(C)CN1c2nccc[n+]2C[C@@]1(O)c1ccc(Br)cc1.[Br-]. The van der Waals surface area contributed by atoms with Crippen molar-refractivity contribution in [2.75, 3.05) is 11.4 Å². The van der Waals surface area contributed by atoms with Gasteiger partial charge >= 0.3 is 5.95 Å². The van der Waals surface area contributed by atoms with E-state index in [4.69, 9.17) is 0 Å². The summed E-state index contributed by atoms with van der Waals surface area (Å²) in [7, 11) is 0. The Hall–Kier alpha value is -0.980. The third-order valence-electron chi connectivity index (χ3n) is 3.73. The number of nitrogens with zero attached hydrogens (tertiary/aromatic N) is 3. The summed E-state index contributed by atoms with van der Waals surface area (Å²) < 4.78 is 3.01. The highest BCUT2D eigenvalue weighted by Gasteiger charge is 2.51. The first-order chi connectivity index (χ1) is 10.0. The molecule has 1 aliphatic rings. The molecule has 0 saturated heterocycles. The maximum absolute atomic E-state index is 11.3. The fraction of sp³-hybridized carbons (Fsp3) is 0.375. The van der Waals surface area contributed by atoms with E-state index in [0.29, 0.717) is 12.5 Å². The van der Waals surface area contributed by atoms with Crippen LogP contribution in [0.5, 0.6) is 0 Å². The largest absolute Gasteiger partial charge is 1.00 e. The van der Waals surface area contributed by atoms with Gasteiger partial charge in [0, 0.05) is 16.1 Å². The number of hydrogen-bond acceptors (Lipinski definition) is 3. The van der Waals surface area contributed by atoms with Gasteiger partial charge in [-0.15, -0.1) is 0 Å². The van der Waals surface area contributed by atoms with E-state index in [2.05, 4.69) is 34.8 Å². The molecule has 0 fully saturated rings. The van der Waals surface area contributed by atoms with Crippen LogP contribution in [0.15, 0.2) is 47.2 Å². The molecule has 6 heteroatoms. The lowest BCUT2D eigenvalue weighted by Crippen LogP contribution is -3.00. The molecule has 22 heavy (non-hydrogen) atoms. The molecule has 2 heterocycles. The van der Waals surface area contributed by atoms with Crippen LogP contribution in [0.1, 0.15) is 19.4 Å². The lowest BCUT2D eigenvalue weighted by molar-refractivity contribution is -0.685. The van der Waals surface area contributed by atoms with Gasteiger partial charge in [-0.25, -0.2) is 9.47 Å². The van der Waals surface area contributed by atoms with E-state index in [-0.39, 0.29) is 17.0 Å². The minimum absolute atomic E-state index is 0. The molecular formula is C16H19Br2N3O. The maximum Gasteiger partial charge on any atom is 0.396 e. The summed E-state index contributed by atoms with van der Waals surface area (Å²) in [5, 5.41) is 11.3. The number of benzene rings is 1. The lowest BCUT2D eigenvalue weighted by atomic mass is 10.0. The van der Waals surface area contributed by atoms with Gasteiger partial charge in [-0.1, -0.05) is 46.9 Å². The molecule has 0 bridgehead atoms. The number of aliphatic hydroxyl groups is 1. The van der Waals surface area contributed by atoms with E-state index in [1.807, 2.05) is 46.0 Å². The molecular weight excluding hydrogens is 410 g/mol. The molecule has 1 aromatic carbocycles. The van der Waals surface area contributed by atoms with Crippen molar-refractivity contribution in [3.05, 3.63) is 52.8 Å². The van der Waals surface area contributed by atoms with E-state index in [1.165, 1.54) is 0 Å². The highest BCUT2D eigenvalue weighted by atomic mass is 79.9. The Balaban J connectivity index is 0.00000176. The number of aromatic nitrogens is 2. The topological polar surface area (TPSA) is 40.2 Å². The summed E-state index contributed by atoms with van der Waals surface area (Å²) in [4.78, 5) is 6.45. The zero-order valence-electron chi connectivity index (χ0n) is 12.6. The summed E-state index contributed by atoms with van der Waals surface area (Å²) in [6, 6.07) is 9.74. The normalized spacial score (nSPS) is 20.0. The minimum atomic E-state index is -1.05. The first kappa shape index (κ1) is 17.4. The highest BCUT2D eigenvalue weighted by molar-refractivity contribution is 9.10. The second kappa shape index (κ2) is 6.64. The van der Waals surface area contributed by atoms with Gasteiger partial charge < -0.3 is 22.1 Å². The van der Waals surface area contributed by atoms with Crippen LogP contribution in [0.2, 0.25) is 0 Å². The van der Waals surface area contributed by atoms with Crippen molar-refractivity contribution in [1.29, 1.82) is 0 Å². The Labute approximate surface area is 149 Å². The van der Waals surface area contributed by atoms with Crippen molar-refractivity contribution < 1.29 is 26.7 Å². The second-order valence-corrected chi connectivity index (χ2v) is 6.79. The molecule has 4 nitrogen and oxygen atoms in total. The molecule has 1 atom stereocenters. The maximum atomic E-state index is 11.3. The molecule has 0 amide bonds. The second-order valence-electron chi connectivity index (χ2n) is 5.88. The van der Waals surface area contributed by atoms with Gasteiger partial charge in [-0.3, -0.25) is 0 Å². The summed E-state index contributed by atoms with van der Waals surface area (Å²) >= 11 is 3.44. The molecule has 0 saturated carbocycles. The Morgan fingerprint density at radius 3 is 2.68 bits per heavy atom. The number of rotatable bonds is 3. The predicted octanol–water partition coefficient (Wildman–Crippen LogP) is -0.543. The van der Waals surface area contributed by atoms with Crippen molar-refractivity contribution in [3.63, 3.8) is 0 Å². The van der Waals surface area contributed by atoms with Gasteiger partial charge in [-0.05, 0) is 18.1 Å². The first-order valence-electron chi connectivity index (χ1n) is 7.11. The lowest BCUT2D eigenvalue weighted by Gasteiger charge is -2.29. The van der Waals surface area contributed by atoms with E-state index in [9.17, 15) is 5.11 Å². The monoisotopic (exact) mass is 427 g/mol. The average molecular weight is 429 g/mol. The fourth-order valence-electron chi connectivity index (χ4n) is 2.79. The minimum Gasteiger partial charge on any atom is -1.00 e. The number of halogens is 2. The molecule has 0 aliphatic carbocycles. The van der Waals surface area contributed by atoms with E-state index < -0.39 is 5.72 Å². The van der Waals surface area contributed by atoms with Crippen molar-refractivity contribution >= 4 is 21.9 Å². The predicted molar refractivity (Wildman–Crippen MR) is 84.7 cm³/mol. The summed E-state index contributed by atoms with van der Waals surface area (Å²) in [5.41, 5.74) is -0.163. The standard InChI is InChI=1S/C16H19BrN3O.BrH/c1-12(2)10-20-15-18-8-3-9-19(15)11-16(20,21)13-4-6-14(17)7-5-13;/h3-9,12,21H,10-11H2,1-2H3;1H/q+1;/p-1/t16-;/m1./s1. The van der Waals surface area contributed by atoms with Crippen molar-refractivity contribution in [1.82, 2.24) is 4.98 Å². The highest BCUT2D eigenvalue weighted by Crippen LogP contribution is 2.34. The summed E-state index contributed by atoms with van der Waals surface area (Å²) in [5.74, 6) is 1.25. The van der Waals surface area contributed by atoms with Crippen molar-refractivity contribution in [2.24, 2.45) is 5.92 Å². The third kappa shape index (κ3) is 3.05. The molecule has 1 aromatic heterocycles. The molecule has 2 aromatic rings. The molecule has 0 spiro atoms. The Bertz CT molecular complexity index is 648. The van der Waals surface area contributed by atoms with E-state index in [0.717, 1.165) is 22.5 Å². The number of fused-ring (bicyclic) bond motifs is 1. The van der Waals surface area contributed by atoms with Gasteiger partial charge in [-0.2, -0.15) is 0 Å². The Kier molecular flexibility index (Phi) is 5.25. The average Bonchev–Trinajstić information content (AvgIpc) is 2.73. The molecule has 3 rings (SSSR count). The van der Waals surface area contributed by atoms with Gasteiger partial charge in [0.15, 0.2) is 0 Å². The quantitative estimate of drug-likeness (QED) is 0.667. The van der Waals surface area contributed by atoms with Crippen LogP contribution in [-0.4, -0.2) is 16.6 Å². The smallest absolute Gasteiger partial charge is 0.396 e. The van der Waals surface area contributed by atoms with E-state index in [1.54, 1.807) is 6.20 Å². The fourth-order valence-corrected chi connectivity index (χ4v) is 3.06. The van der Waals surface area contributed by atoms with Crippen molar-refractivity contribution in [2.45, 2.75) is 26.1 Å². The van der Waals surface area contributed by atoms with Crippen LogP contribution in [0.3, 0.4) is 0 Å². The zero-order valence-corrected chi connectivity index (χ0v) is 15.7.